The fraction of sp³-hybridized carbons (Fsp3) is 0.125. The number of amides is 1. The van der Waals surface area contributed by atoms with Gasteiger partial charge in [0, 0.05) is 10.6 Å². The standard InChI is InChI=1S/C16H16N2O5S2/c1-24-14-5-3-2-4-13(14)16(20)23-10-15(19)18-11-6-8-12(9-7-11)25(17,21)22/h2-9H,10H2,1H3,(H,18,19)(H2,17,21,22). The van der Waals surface area contributed by atoms with Gasteiger partial charge in [-0.25, -0.2) is 18.4 Å². The van der Waals surface area contributed by atoms with E-state index < -0.39 is 28.5 Å². The minimum Gasteiger partial charge on any atom is -0.452 e. The van der Waals surface area contributed by atoms with Crippen molar-refractivity contribution in [2.75, 3.05) is 18.2 Å². The molecule has 2 aromatic rings. The second-order valence-electron chi connectivity index (χ2n) is 4.89. The molecule has 132 valence electrons. The number of carbonyl (C=O) groups is 2. The maximum absolute atomic E-state index is 12.0. The molecular weight excluding hydrogens is 364 g/mol. The summed E-state index contributed by atoms with van der Waals surface area (Å²) in [4.78, 5) is 24.6. The van der Waals surface area contributed by atoms with Gasteiger partial charge in [-0.1, -0.05) is 12.1 Å². The molecule has 2 aromatic carbocycles. The van der Waals surface area contributed by atoms with E-state index in [9.17, 15) is 18.0 Å². The number of sulfonamides is 1. The van der Waals surface area contributed by atoms with Crippen molar-refractivity contribution in [1.29, 1.82) is 0 Å². The maximum atomic E-state index is 12.0. The molecule has 0 radical (unpaired) electrons. The predicted octanol–water partition coefficient (Wildman–Crippen LogP) is 1.85. The van der Waals surface area contributed by atoms with Crippen LogP contribution in [0.1, 0.15) is 10.4 Å². The van der Waals surface area contributed by atoms with Gasteiger partial charge in [-0.15, -0.1) is 11.8 Å². The van der Waals surface area contributed by atoms with Gasteiger partial charge in [0.1, 0.15) is 0 Å². The van der Waals surface area contributed by atoms with Gasteiger partial charge >= 0.3 is 5.97 Å². The van der Waals surface area contributed by atoms with Crippen LogP contribution in [0.25, 0.3) is 0 Å². The molecule has 0 aliphatic heterocycles. The van der Waals surface area contributed by atoms with E-state index >= 15 is 0 Å². The number of benzene rings is 2. The Morgan fingerprint density at radius 2 is 1.76 bits per heavy atom. The zero-order valence-corrected chi connectivity index (χ0v) is 14.9. The Labute approximate surface area is 149 Å². The number of anilines is 1. The Kier molecular flexibility index (Phi) is 6.18. The average Bonchev–Trinajstić information content (AvgIpc) is 2.59. The number of esters is 1. The fourth-order valence-corrected chi connectivity index (χ4v) is 3.05. The lowest BCUT2D eigenvalue weighted by molar-refractivity contribution is -0.119. The summed E-state index contributed by atoms with van der Waals surface area (Å²) >= 11 is 1.40. The highest BCUT2D eigenvalue weighted by Crippen LogP contribution is 2.20. The highest BCUT2D eigenvalue weighted by molar-refractivity contribution is 7.98. The molecule has 0 fully saturated rings. The van der Waals surface area contributed by atoms with E-state index in [4.69, 9.17) is 9.88 Å². The van der Waals surface area contributed by atoms with Crippen LogP contribution in [0, 0.1) is 0 Å². The van der Waals surface area contributed by atoms with Crippen LogP contribution >= 0.6 is 11.8 Å². The second-order valence-corrected chi connectivity index (χ2v) is 7.30. The van der Waals surface area contributed by atoms with Gasteiger partial charge in [0.05, 0.1) is 10.5 Å². The van der Waals surface area contributed by atoms with E-state index in [2.05, 4.69) is 5.32 Å². The minimum atomic E-state index is -3.79. The Balaban J connectivity index is 1.93. The number of nitrogens with two attached hydrogens (primary N) is 1. The molecule has 0 aromatic heterocycles. The van der Waals surface area contributed by atoms with Gasteiger partial charge in [-0.3, -0.25) is 4.79 Å². The predicted molar refractivity (Wildman–Crippen MR) is 95.0 cm³/mol. The quantitative estimate of drug-likeness (QED) is 0.584. The average molecular weight is 380 g/mol. The summed E-state index contributed by atoms with van der Waals surface area (Å²) in [5.41, 5.74) is 0.748. The fourth-order valence-electron chi connectivity index (χ4n) is 1.95. The summed E-state index contributed by atoms with van der Waals surface area (Å²) < 4.78 is 27.3. The molecule has 7 nitrogen and oxygen atoms in total. The second kappa shape index (κ2) is 8.15. The van der Waals surface area contributed by atoms with E-state index in [-0.39, 0.29) is 4.90 Å². The Bertz CT molecular complexity index is 880. The third-order valence-corrected chi connectivity index (χ3v) is 4.85. The monoisotopic (exact) mass is 380 g/mol. The molecule has 0 bridgehead atoms. The smallest absolute Gasteiger partial charge is 0.339 e. The van der Waals surface area contributed by atoms with Crippen LogP contribution in [0.4, 0.5) is 5.69 Å². The SMILES string of the molecule is CSc1ccccc1C(=O)OCC(=O)Nc1ccc(S(N)(=O)=O)cc1. The van der Waals surface area contributed by atoms with Gasteiger partial charge in [-0.05, 0) is 42.7 Å². The number of primary sulfonamides is 1. The van der Waals surface area contributed by atoms with E-state index in [1.165, 1.54) is 36.0 Å². The summed E-state index contributed by atoms with van der Waals surface area (Å²) in [6, 6.07) is 12.2. The molecule has 0 aliphatic carbocycles. The molecule has 2 rings (SSSR count). The van der Waals surface area contributed by atoms with Crippen LogP contribution in [0.5, 0.6) is 0 Å². The third kappa shape index (κ3) is 5.31. The van der Waals surface area contributed by atoms with Crippen LogP contribution in [-0.2, 0) is 19.6 Å². The molecule has 0 saturated carbocycles. The van der Waals surface area contributed by atoms with E-state index in [1.807, 2.05) is 6.26 Å². The van der Waals surface area contributed by atoms with E-state index in [0.717, 1.165) is 4.90 Å². The van der Waals surface area contributed by atoms with Crippen molar-refractivity contribution in [2.45, 2.75) is 9.79 Å². The van der Waals surface area contributed by atoms with Crippen molar-refractivity contribution in [2.24, 2.45) is 5.14 Å². The lowest BCUT2D eigenvalue weighted by atomic mass is 10.2. The Hall–Kier alpha value is -2.36. The van der Waals surface area contributed by atoms with E-state index in [1.54, 1.807) is 24.3 Å². The number of hydrogen-bond acceptors (Lipinski definition) is 6. The topological polar surface area (TPSA) is 116 Å². The molecule has 1 amide bonds. The first kappa shape index (κ1) is 19.0. The number of ether oxygens (including phenoxy) is 1. The molecule has 9 heteroatoms. The minimum absolute atomic E-state index is 0.0643. The van der Waals surface area contributed by atoms with Gasteiger partial charge in [0.15, 0.2) is 6.61 Å². The molecule has 25 heavy (non-hydrogen) atoms. The Morgan fingerprint density at radius 1 is 1.12 bits per heavy atom. The first-order valence-electron chi connectivity index (χ1n) is 7.04. The Morgan fingerprint density at radius 3 is 2.36 bits per heavy atom. The summed E-state index contributed by atoms with van der Waals surface area (Å²) in [6.07, 6.45) is 1.84. The molecule has 0 atom stereocenters. The normalized spacial score (nSPS) is 11.0. The number of thioether (sulfide) groups is 1. The number of nitrogens with one attached hydrogen (secondary N) is 1. The first-order chi connectivity index (χ1) is 11.8. The maximum Gasteiger partial charge on any atom is 0.339 e. The van der Waals surface area contributed by atoms with E-state index in [0.29, 0.717) is 11.3 Å². The number of carbonyl (C=O) groups excluding carboxylic acids is 2. The lowest BCUT2D eigenvalue weighted by Gasteiger charge is -2.09. The van der Waals surface area contributed by atoms with Crippen LogP contribution in [0.15, 0.2) is 58.3 Å². The van der Waals surface area contributed by atoms with Crippen LogP contribution < -0.4 is 10.5 Å². The first-order valence-corrected chi connectivity index (χ1v) is 9.81. The van der Waals surface area contributed by atoms with Crippen LogP contribution in [0.3, 0.4) is 0 Å². The summed E-state index contributed by atoms with van der Waals surface area (Å²) in [5.74, 6) is -1.14. The lowest BCUT2D eigenvalue weighted by Crippen LogP contribution is -2.21. The summed E-state index contributed by atoms with van der Waals surface area (Å²) in [6.45, 7) is -0.460. The third-order valence-electron chi connectivity index (χ3n) is 3.13. The number of hydrogen-bond donors (Lipinski definition) is 2. The molecule has 3 N–H and O–H groups in total. The molecular formula is C16H16N2O5S2. The van der Waals surface area contributed by atoms with Crippen molar-refractivity contribution in [3.05, 3.63) is 54.1 Å². The zero-order chi connectivity index (χ0) is 18.4. The molecule has 0 unspecified atom stereocenters. The highest BCUT2D eigenvalue weighted by Gasteiger charge is 2.14. The zero-order valence-electron chi connectivity index (χ0n) is 13.3. The van der Waals surface area contributed by atoms with Gasteiger partial charge < -0.3 is 10.1 Å². The van der Waals surface area contributed by atoms with Crippen molar-refractivity contribution < 1.29 is 22.7 Å². The van der Waals surface area contributed by atoms with Crippen LogP contribution in [0.2, 0.25) is 0 Å². The molecule has 0 saturated heterocycles. The van der Waals surface area contributed by atoms with Crippen molar-refractivity contribution in [1.82, 2.24) is 0 Å². The van der Waals surface area contributed by atoms with Crippen molar-refractivity contribution in [3.63, 3.8) is 0 Å². The van der Waals surface area contributed by atoms with Crippen molar-refractivity contribution >= 4 is 39.3 Å². The van der Waals surface area contributed by atoms with Gasteiger partial charge in [0.2, 0.25) is 10.0 Å². The summed E-state index contributed by atoms with van der Waals surface area (Å²) in [7, 11) is -3.79. The number of rotatable bonds is 6. The molecule has 0 spiro atoms. The van der Waals surface area contributed by atoms with Crippen molar-refractivity contribution in [3.8, 4) is 0 Å². The molecule has 0 aliphatic rings. The highest BCUT2D eigenvalue weighted by atomic mass is 32.2. The molecule has 0 heterocycles. The van der Waals surface area contributed by atoms with Gasteiger partial charge in [0.25, 0.3) is 5.91 Å². The largest absolute Gasteiger partial charge is 0.452 e. The van der Waals surface area contributed by atoms with Crippen LogP contribution in [-0.4, -0.2) is 33.2 Å². The van der Waals surface area contributed by atoms with Gasteiger partial charge in [-0.2, -0.15) is 0 Å². The summed E-state index contributed by atoms with van der Waals surface area (Å²) in [5, 5.41) is 7.49.